The summed E-state index contributed by atoms with van der Waals surface area (Å²) in [7, 11) is 0. The molecule has 0 unspecified atom stereocenters. The summed E-state index contributed by atoms with van der Waals surface area (Å²) in [5.41, 5.74) is 0.628. The zero-order valence-electron chi connectivity index (χ0n) is 22.2. The van der Waals surface area contributed by atoms with Gasteiger partial charge in [-0.25, -0.2) is 0 Å². The van der Waals surface area contributed by atoms with Crippen molar-refractivity contribution in [2.75, 3.05) is 32.8 Å². The van der Waals surface area contributed by atoms with Gasteiger partial charge < -0.3 is 19.8 Å². The van der Waals surface area contributed by atoms with Crippen molar-refractivity contribution in [2.24, 2.45) is 11.3 Å². The van der Waals surface area contributed by atoms with E-state index in [4.69, 9.17) is 4.74 Å². The van der Waals surface area contributed by atoms with Crippen molar-refractivity contribution in [3.05, 3.63) is 30.1 Å². The quantitative estimate of drug-likeness (QED) is 0.470. The molecule has 3 heterocycles. The fourth-order valence-electron chi connectivity index (χ4n) is 6.23. The molecule has 8 heteroatoms. The standard InChI is InChI=1S/C29H45N3O5/c33-25-11-18-32(27(35)24-7-3-1-2-4-8-24)17-6-5-12-29(28(36)37-22-26(25)34)13-19-31(20-14-29)21-23-9-15-30-16-10-23/h9-10,15-16,24-26,33-34H,1-8,11-14,17-22H2/t25-,26+/m0/s1. The first-order valence-corrected chi connectivity index (χ1v) is 14.4. The van der Waals surface area contributed by atoms with Crippen molar-refractivity contribution in [1.29, 1.82) is 0 Å². The van der Waals surface area contributed by atoms with Crippen LogP contribution in [-0.4, -0.2) is 81.9 Å². The molecule has 8 nitrogen and oxygen atoms in total. The summed E-state index contributed by atoms with van der Waals surface area (Å²) in [6.07, 6.45) is 12.0. The largest absolute Gasteiger partial charge is 0.462 e. The minimum Gasteiger partial charge on any atom is -0.462 e. The first kappa shape index (κ1) is 28.0. The fraction of sp³-hybridized carbons (Fsp3) is 0.759. The number of hydrogen-bond donors (Lipinski definition) is 2. The van der Waals surface area contributed by atoms with E-state index in [0.29, 0.717) is 25.9 Å². The van der Waals surface area contributed by atoms with Gasteiger partial charge in [-0.2, -0.15) is 0 Å². The monoisotopic (exact) mass is 515 g/mol. The van der Waals surface area contributed by atoms with E-state index in [1.54, 1.807) is 12.4 Å². The summed E-state index contributed by atoms with van der Waals surface area (Å²) >= 11 is 0. The molecular formula is C29H45N3O5. The number of carbonyl (C=O) groups excluding carboxylic acids is 2. The van der Waals surface area contributed by atoms with Gasteiger partial charge in [-0.3, -0.25) is 19.5 Å². The molecule has 2 N–H and O–H groups in total. The minimum atomic E-state index is -1.15. The van der Waals surface area contributed by atoms with Crippen LogP contribution in [0.5, 0.6) is 0 Å². The van der Waals surface area contributed by atoms with Gasteiger partial charge in [0.05, 0.1) is 11.5 Å². The first-order valence-electron chi connectivity index (χ1n) is 14.4. The highest BCUT2D eigenvalue weighted by atomic mass is 16.5. The van der Waals surface area contributed by atoms with Gasteiger partial charge in [0.15, 0.2) is 0 Å². The zero-order chi connectivity index (χ0) is 26.1. The molecule has 1 aliphatic carbocycles. The lowest BCUT2D eigenvalue weighted by atomic mass is 9.74. The third-order valence-electron chi connectivity index (χ3n) is 8.78. The molecule has 1 spiro atoms. The van der Waals surface area contributed by atoms with Crippen molar-refractivity contribution in [3.63, 3.8) is 0 Å². The van der Waals surface area contributed by atoms with Crippen molar-refractivity contribution in [2.45, 2.75) is 95.8 Å². The van der Waals surface area contributed by atoms with E-state index >= 15 is 0 Å². The SMILES string of the molecule is O=C(C1CCCCCC1)N1CCCCC2(CCN(Cc3ccncc3)CC2)C(=O)OC[C@@H](O)[C@@H](O)CC1. The molecule has 1 aromatic rings. The van der Waals surface area contributed by atoms with Crippen molar-refractivity contribution >= 4 is 11.9 Å². The second-order valence-corrected chi connectivity index (χ2v) is 11.4. The lowest BCUT2D eigenvalue weighted by Crippen LogP contribution is -2.45. The van der Waals surface area contributed by atoms with Crippen molar-refractivity contribution in [1.82, 2.24) is 14.8 Å². The Balaban J connectivity index is 1.40. The average Bonchev–Trinajstić information content (AvgIpc) is 3.21. The number of pyridine rings is 1. The number of aliphatic hydroxyl groups is 2. The fourth-order valence-corrected chi connectivity index (χ4v) is 6.23. The smallest absolute Gasteiger partial charge is 0.312 e. The number of cyclic esters (lactones) is 1. The molecule has 2 atom stereocenters. The topological polar surface area (TPSA) is 103 Å². The highest BCUT2D eigenvalue weighted by Gasteiger charge is 2.43. The normalized spacial score (nSPS) is 27.4. The summed E-state index contributed by atoms with van der Waals surface area (Å²) in [5, 5.41) is 21.1. The lowest BCUT2D eigenvalue weighted by molar-refractivity contribution is -0.165. The molecule has 1 amide bonds. The Kier molecular flexibility index (Phi) is 10.3. The molecule has 2 saturated heterocycles. The Morgan fingerprint density at radius 2 is 1.59 bits per heavy atom. The maximum absolute atomic E-state index is 13.4. The molecule has 37 heavy (non-hydrogen) atoms. The third-order valence-corrected chi connectivity index (χ3v) is 8.78. The van der Waals surface area contributed by atoms with E-state index in [1.807, 2.05) is 17.0 Å². The van der Waals surface area contributed by atoms with Crippen LogP contribution in [0, 0.1) is 11.3 Å². The second kappa shape index (κ2) is 13.7. The lowest BCUT2D eigenvalue weighted by Gasteiger charge is -2.40. The molecule has 1 saturated carbocycles. The minimum absolute atomic E-state index is 0.0706. The maximum atomic E-state index is 13.4. The molecule has 0 bridgehead atoms. The first-order chi connectivity index (χ1) is 18.0. The van der Waals surface area contributed by atoms with E-state index in [-0.39, 0.29) is 30.8 Å². The predicted molar refractivity (Wildman–Crippen MR) is 140 cm³/mol. The van der Waals surface area contributed by atoms with Gasteiger partial charge in [-0.05, 0) is 75.7 Å². The van der Waals surface area contributed by atoms with Crippen LogP contribution in [-0.2, 0) is 20.9 Å². The number of hydrogen-bond acceptors (Lipinski definition) is 7. The van der Waals surface area contributed by atoms with Gasteiger partial charge in [0.1, 0.15) is 12.7 Å². The molecule has 0 radical (unpaired) electrons. The molecule has 4 rings (SSSR count). The molecule has 3 aliphatic rings. The van der Waals surface area contributed by atoms with E-state index in [9.17, 15) is 19.8 Å². The summed E-state index contributed by atoms with van der Waals surface area (Å²) in [5.74, 6) is 0.0131. The van der Waals surface area contributed by atoms with E-state index < -0.39 is 17.6 Å². The van der Waals surface area contributed by atoms with E-state index in [2.05, 4.69) is 9.88 Å². The molecular weight excluding hydrogens is 470 g/mol. The highest BCUT2D eigenvalue weighted by molar-refractivity contribution is 5.79. The number of ether oxygens (including phenoxy) is 1. The molecule has 3 fully saturated rings. The Bertz CT molecular complexity index is 850. The second-order valence-electron chi connectivity index (χ2n) is 11.4. The number of rotatable bonds is 3. The highest BCUT2D eigenvalue weighted by Crippen LogP contribution is 2.39. The van der Waals surface area contributed by atoms with Crippen LogP contribution in [0.4, 0.5) is 0 Å². The number of aliphatic hydroxyl groups excluding tert-OH is 2. The summed E-state index contributed by atoms with van der Waals surface area (Å²) in [6, 6.07) is 4.04. The van der Waals surface area contributed by atoms with Gasteiger partial charge in [-0.15, -0.1) is 0 Å². The Morgan fingerprint density at radius 3 is 2.30 bits per heavy atom. The maximum Gasteiger partial charge on any atom is 0.312 e. The number of likely N-dealkylation sites (tertiary alicyclic amines) is 1. The van der Waals surface area contributed by atoms with E-state index in [0.717, 1.165) is 64.6 Å². The summed E-state index contributed by atoms with van der Waals surface area (Å²) in [6.45, 7) is 3.29. The summed E-state index contributed by atoms with van der Waals surface area (Å²) in [4.78, 5) is 35.1. The Hall–Kier alpha value is -2.03. The van der Waals surface area contributed by atoms with E-state index in [1.165, 1.54) is 18.4 Å². The van der Waals surface area contributed by atoms with Crippen LogP contribution < -0.4 is 0 Å². The number of nitrogens with zero attached hydrogens (tertiary/aromatic N) is 3. The van der Waals surface area contributed by atoms with Gasteiger partial charge in [-0.1, -0.05) is 32.1 Å². The van der Waals surface area contributed by atoms with Crippen molar-refractivity contribution < 1.29 is 24.5 Å². The Labute approximate surface area is 221 Å². The molecule has 0 aromatic carbocycles. The molecule has 2 aliphatic heterocycles. The van der Waals surface area contributed by atoms with Gasteiger partial charge in [0.25, 0.3) is 0 Å². The van der Waals surface area contributed by atoms with Gasteiger partial charge >= 0.3 is 5.97 Å². The number of esters is 1. The Morgan fingerprint density at radius 1 is 0.892 bits per heavy atom. The van der Waals surface area contributed by atoms with Crippen LogP contribution in [0.25, 0.3) is 0 Å². The van der Waals surface area contributed by atoms with Crippen LogP contribution in [0.15, 0.2) is 24.5 Å². The van der Waals surface area contributed by atoms with Crippen LogP contribution in [0.1, 0.15) is 82.6 Å². The van der Waals surface area contributed by atoms with Crippen molar-refractivity contribution in [3.8, 4) is 0 Å². The van der Waals surface area contributed by atoms with Crippen LogP contribution in [0.2, 0.25) is 0 Å². The molecule has 1 aromatic heterocycles. The number of piperidine rings is 1. The number of amides is 1. The third kappa shape index (κ3) is 7.74. The zero-order valence-corrected chi connectivity index (χ0v) is 22.2. The summed E-state index contributed by atoms with van der Waals surface area (Å²) < 4.78 is 5.61. The number of aromatic nitrogens is 1. The van der Waals surface area contributed by atoms with Crippen LogP contribution in [0.3, 0.4) is 0 Å². The van der Waals surface area contributed by atoms with Gasteiger partial charge in [0.2, 0.25) is 5.91 Å². The molecule has 206 valence electrons. The average molecular weight is 516 g/mol. The van der Waals surface area contributed by atoms with Gasteiger partial charge in [0, 0.05) is 37.9 Å². The number of carbonyl (C=O) groups is 2. The predicted octanol–water partition coefficient (Wildman–Crippen LogP) is 3.30. The van der Waals surface area contributed by atoms with Crippen LogP contribution >= 0.6 is 0 Å².